The minimum Gasteiger partial charge on any atom is -0.356 e. The summed E-state index contributed by atoms with van der Waals surface area (Å²) in [6.45, 7) is 7.85. The minimum absolute atomic E-state index is 0. The number of hydrogen-bond donors (Lipinski definition) is 2. The van der Waals surface area contributed by atoms with E-state index in [4.69, 9.17) is 0 Å². The van der Waals surface area contributed by atoms with Gasteiger partial charge in [-0.05, 0) is 64.1 Å². The van der Waals surface area contributed by atoms with Gasteiger partial charge in [0, 0.05) is 24.7 Å². The van der Waals surface area contributed by atoms with Crippen molar-refractivity contribution >= 4 is 18.3 Å². The smallest absolute Gasteiger partial charge is 0.223 e. The molecule has 1 aliphatic carbocycles. The molecule has 1 saturated heterocycles. The summed E-state index contributed by atoms with van der Waals surface area (Å²) in [6.07, 6.45) is 4.36. The Bertz CT molecular complexity index is 522. The highest BCUT2D eigenvalue weighted by molar-refractivity contribution is 5.85. The van der Waals surface area contributed by atoms with Gasteiger partial charge >= 0.3 is 0 Å². The summed E-state index contributed by atoms with van der Waals surface area (Å²) >= 11 is 0. The summed E-state index contributed by atoms with van der Waals surface area (Å²) in [5.41, 5.74) is 2.59. The highest BCUT2D eigenvalue weighted by Crippen LogP contribution is 2.58. The SMILES string of the molecule is Cc1cc(C)n(CCCNC(=O)C2CC23CCNCC3)n1.Cl. The van der Waals surface area contributed by atoms with E-state index < -0.39 is 0 Å². The third-order valence-corrected chi connectivity index (χ3v) is 5.05. The first-order valence-corrected chi connectivity index (χ1v) is 8.10. The second kappa shape index (κ2) is 7.01. The summed E-state index contributed by atoms with van der Waals surface area (Å²) in [7, 11) is 0. The van der Waals surface area contributed by atoms with E-state index in [1.807, 2.05) is 11.6 Å². The Morgan fingerprint density at radius 1 is 1.45 bits per heavy atom. The van der Waals surface area contributed by atoms with Crippen LogP contribution >= 0.6 is 12.4 Å². The molecule has 6 heteroatoms. The van der Waals surface area contributed by atoms with Gasteiger partial charge in [0.15, 0.2) is 0 Å². The highest BCUT2D eigenvalue weighted by atomic mass is 35.5. The quantitative estimate of drug-likeness (QED) is 0.811. The number of carbonyl (C=O) groups excluding carboxylic acids is 1. The third kappa shape index (κ3) is 3.63. The normalized spacial score (nSPS) is 22.2. The summed E-state index contributed by atoms with van der Waals surface area (Å²) in [6, 6.07) is 2.09. The van der Waals surface area contributed by atoms with E-state index in [0.29, 0.717) is 5.41 Å². The molecule has 2 aliphatic rings. The van der Waals surface area contributed by atoms with Gasteiger partial charge in [-0.2, -0.15) is 5.10 Å². The number of piperidine rings is 1. The summed E-state index contributed by atoms with van der Waals surface area (Å²) < 4.78 is 2.02. The van der Waals surface area contributed by atoms with Crippen LogP contribution in [0.3, 0.4) is 0 Å². The van der Waals surface area contributed by atoms with Crippen LogP contribution < -0.4 is 10.6 Å². The number of nitrogens with one attached hydrogen (secondary N) is 2. The van der Waals surface area contributed by atoms with Crippen molar-refractivity contribution < 1.29 is 4.79 Å². The first-order chi connectivity index (χ1) is 10.1. The summed E-state index contributed by atoms with van der Waals surface area (Å²) in [5, 5.41) is 10.9. The van der Waals surface area contributed by atoms with Crippen LogP contribution in [0.2, 0.25) is 0 Å². The molecule has 1 unspecified atom stereocenters. The zero-order chi connectivity index (χ0) is 14.9. The van der Waals surface area contributed by atoms with E-state index >= 15 is 0 Å². The molecular weight excluding hydrogens is 300 g/mol. The lowest BCUT2D eigenvalue weighted by Gasteiger charge is -2.23. The van der Waals surface area contributed by atoms with Crippen molar-refractivity contribution in [2.24, 2.45) is 11.3 Å². The van der Waals surface area contributed by atoms with Gasteiger partial charge in [-0.3, -0.25) is 9.48 Å². The van der Waals surface area contributed by atoms with Crippen LogP contribution in [0.5, 0.6) is 0 Å². The lowest BCUT2D eigenvalue weighted by molar-refractivity contribution is -0.123. The molecule has 1 aliphatic heterocycles. The van der Waals surface area contributed by atoms with Crippen LogP contribution in [0.4, 0.5) is 0 Å². The van der Waals surface area contributed by atoms with Gasteiger partial charge in [-0.1, -0.05) is 0 Å². The van der Waals surface area contributed by atoms with Crippen molar-refractivity contribution in [3.8, 4) is 0 Å². The molecule has 1 aromatic heterocycles. The first kappa shape index (κ1) is 17.3. The molecule has 3 rings (SSSR count). The van der Waals surface area contributed by atoms with Crippen LogP contribution in [0.1, 0.15) is 37.1 Å². The Hall–Kier alpha value is -1.07. The number of amides is 1. The Morgan fingerprint density at radius 2 is 2.18 bits per heavy atom. The summed E-state index contributed by atoms with van der Waals surface area (Å²) in [4.78, 5) is 12.2. The van der Waals surface area contributed by atoms with E-state index in [1.54, 1.807) is 0 Å². The van der Waals surface area contributed by atoms with Crippen molar-refractivity contribution in [2.45, 2.75) is 46.1 Å². The van der Waals surface area contributed by atoms with E-state index in [9.17, 15) is 4.79 Å². The largest absolute Gasteiger partial charge is 0.356 e. The average molecular weight is 327 g/mol. The fourth-order valence-corrected chi connectivity index (χ4v) is 3.66. The highest BCUT2D eigenvalue weighted by Gasteiger charge is 2.57. The predicted molar refractivity (Wildman–Crippen MR) is 89.2 cm³/mol. The van der Waals surface area contributed by atoms with Gasteiger partial charge in [-0.25, -0.2) is 0 Å². The van der Waals surface area contributed by atoms with E-state index in [-0.39, 0.29) is 24.2 Å². The average Bonchev–Trinajstić information content (AvgIpc) is 3.05. The molecule has 0 radical (unpaired) electrons. The maximum Gasteiger partial charge on any atom is 0.223 e. The van der Waals surface area contributed by atoms with Crippen molar-refractivity contribution in [2.75, 3.05) is 19.6 Å². The number of aryl methyl sites for hydroxylation is 3. The second-order valence-corrected chi connectivity index (χ2v) is 6.66. The van der Waals surface area contributed by atoms with E-state index in [0.717, 1.165) is 57.6 Å². The number of hydrogen-bond acceptors (Lipinski definition) is 3. The van der Waals surface area contributed by atoms with Gasteiger partial charge < -0.3 is 10.6 Å². The van der Waals surface area contributed by atoms with Gasteiger partial charge in [0.05, 0.1) is 5.69 Å². The summed E-state index contributed by atoms with van der Waals surface area (Å²) in [5.74, 6) is 0.540. The van der Waals surface area contributed by atoms with Crippen LogP contribution in [-0.4, -0.2) is 35.3 Å². The zero-order valence-corrected chi connectivity index (χ0v) is 14.3. The Labute approximate surface area is 138 Å². The molecule has 2 fully saturated rings. The monoisotopic (exact) mass is 326 g/mol. The molecular formula is C16H27ClN4O. The van der Waals surface area contributed by atoms with E-state index in [1.165, 1.54) is 5.69 Å². The molecule has 2 heterocycles. The van der Waals surface area contributed by atoms with Crippen LogP contribution in [0.15, 0.2) is 6.07 Å². The Balaban J connectivity index is 0.00000176. The predicted octanol–water partition coefficient (Wildman–Crippen LogP) is 1.82. The molecule has 22 heavy (non-hydrogen) atoms. The van der Waals surface area contributed by atoms with E-state index in [2.05, 4.69) is 28.7 Å². The van der Waals surface area contributed by atoms with Gasteiger partial charge in [0.25, 0.3) is 0 Å². The standard InChI is InChI=1S/C16H26N4O.ClH/c1-12-10-13(2)20(19-12)9-3-6-18-15(21)14-11-16(14)4-7-17-8-5-16;/h10,14,17H,3-9,11H2,1-2H3,(H,18,21);1H. The minimum atomic E-state index is 0. The van der Waals surface area contributed by atoms with Crippen molar-refractivity contribution in [1.82, 2.24) is 20.4 Å². The Morgan fingerprint density at radius 3 is 2.82 bits per heavy atom. The number of nitrogens with zero attached hydrogens (tertiary/aromatic N) is 2. The second-order valence-electron chi connectivity index (χ2n) is 6.66. The molecule has 1 aromatic rings. The van der Waals surface area contributed by atoms with Crippen molar-refractivity contribution in [1.29, 1.82) is 0 Å². The Kier molecular flexibility index (Phi) is 5.50. The number of halogens is 1. The molecule has 2 N–H and O–H groups in total. The molecule has 1 amide bonds. The molecule has 0 bridgehead atoms. The molecule has 1 spiro atoms. The van der Waals surface area contributed by atoms with Gasteiger partial charge in [-0.15, -0.1) is 12.4 Å². The van der Waals surface area contributed by atoms with Crippen LogP contribution in [0, 0.1) is 25.2 Å². The number of rotatable bonds is 5. The van der Waals surface area contributed by atoms with Gasteiger partial charge in [0.1, 0.15) is 0 Å². The topological polar surface area (TPSA) is 59.0 Å². The molecule has 124 valence electrons. The van der Waals surface area contributed by atoms with Gasteiger partial charge in [0.2, 0.25) is 5.91 Å². The maximum atomic E-state index is 12.2. The van der Waals surface area contributed by atoms with Crippen molar-refractivity contribution in [3.63, 3.8) is 0 Å². The molecule has 0 aromatic carbocycles. The molecule has 1 saturated carbocycles. The number of carbonyl (C=O) groups is 1. The lowest BCUT2D eigenvalue weighted by Crippen LogP contribution is -2.34. The fourth-order valence-electron chi connectivity index (χ4n) is 3.66. The molecule has 5 nitrogen and oxygen atoms in total. The maximum absolute atomic E-state index is 12.2. The van der Waals surface area contributed by atoms with Crippen molar-refractivity contribution in [3.05, 3.63) is 17.5 Å². The first-order valence-electron chi connectivity index (χ1n) is 8.10. The molecule has 1 atom stereocenters. The van der Waals surface area contributed by atoms with Crippen LogP contribution in [-0.2, 0) is 11.3 Å². The third-order valence-electron chi connectivity index (χ3n) is 5.05. The lowest BCUT2D eigenvalue weighted by atomic mass is 9.92. The fraction of sp³-hybridized carbons (Fsp3) is 0.750. The van der Waals surface area contributed by atoms with Crippen LogP contribution in [0.25, 0.3) is 0 Å². The zero-order valence-electron chi connectivity index (χ0n) is 13.5. The number of aromatic nitrogens is 2.